The highest BCUT2D eigenvalue weighted by atomic mass is 16.3. The van der Waals surface area contributed by atoms with Gasteiger partial charge in [0.2, 0.25) is 0 Å². The van der Waals surface area contributed by atoms with Crippen molar-refractivity contribution in [1.29, 1.82) is 0 Å². The van der Waals surface area contributed by atoms with Crippen molar-refractivity contribution in [2.24, 2.45) is 0 Å². The first-order valence-electron chi connectivity index (χ1n) is 12.6. The van der Waals surface area contributed by atoms with E-state index < -0.39 is 0 Å². The van der Waals surface area contributed by atoms with Gasteiger partial charge in [-0.1, -0.05) is 43.3 Å². The second kappa shape index (κ2) is 10.3. The average Bonchev–Trinajstić information content (AvgIpc) is 3.67. The first-order valence-corrected chi connectivity index (χ1v) is 12.6. The molecule has 0 aliphatic heterocycles. The number of aromatic nitrogens is 2. The largest absolute Gasteiger partial charge is 0.507 e. The molecule has 5 rings (SSSR count). The lowest BCUT2D eigenvalue weighted by Gasteiger charge is -2.10. The Morgan fingerprint density at radius 1 is 1.03 bits per heavy atom. The minimum atomic E-state index is -0.309. The number of phenols is 1. The molecule has 188 valence electrons. The van der Waals surface area contributed by atoms with Crippen molar-refractivity contribution in [2.45, 2.75) is 45.6 Å². The highest BCUT2D eigenvalue weighted by Crippen LogP contribution is 2.42. The van der Waals surface area contributed by atoms with Gasteiger partial charge in [0, 0.05) is 29.3 Å². The van der Waals surface area contributed by atoms with Crippen LogP contribution in [0.25, 0.3) is 11.3 Å². The molecule has 1 aromatic heterocycles. The summed E-state index contributed by atoms with van der Waals surface area (Å²) >= 11 is 0. The van der Waals surface area contributed by atoms with Crippen LogP contribution in [0.15, 0.2) is 72.8 Å². The summed E-state index contributed by atoms with van der Waals surface area (Å²) in [5.41, 5.74) is 6.15. The number of phenolic OH excluding ortho intramolecular Hbond substituents is 1. The summed E-state index contributed by atoms with van der Waals surface area (Å²) in [6.45, 7) is 4.48. The molecular weight excluding hydrogens is 464 g/mol. The number of hydrogen-bond acceptors (Lipinski definition) is 4. The number of amides is 2. The number of nitrogens with one attached hydrogen (secondary N) is 2. The molecule has 0 atom stereocenters. The first kappa shape index (κ1) is 24.3. The van der Waals surface area contributed by atoms with E-state index in [2.05, 4.69) is 22.7 Å². The Morgan fingerprint density at radius 2 is 1.78 bits per heavy atom. The Kier molecular flexibility index (Phi) is 6.77. The van der Waals surface area contributed by atoms with E-state index in [-0.39, 0.29) is 23.6 Å². The average molecular weight is 495 g/mol. The third kappa shape index (κ3) is 5.40. The summed E-state index contributed by atoms with van der Waals surface area (Å²) in [6, 6.07) is 21.8. The lowest BCUT2D eigenvalue weighted by molar-refractivity contribution is 0.102. The minimum absolute atomic E-state index is 0.0256. The number of rotatable bonds is 7. The molecule has 0 saturated heterocycles. The van der Waals surface area contributed by atoms with Crippen LogP contribution >= 0.6 is 0 Å². The van der Waals surface area contributed by atoms with Crippen molar-refractivity contribution in [3.8, 4) is 17.0 Å². The Labute approximate surface area is 216 Å². The van der Waals surface area contributed by atoms with Gasteiger partial charge in [0.15, 0.2) is 0 Å². The van der Waals surface area contributed by atoms with Gasteiger partial charge >= 0.3 is 6.03 Å². The van der Waals surface area contributed by atoms with E-state index in [1.54, 1.807) is 24.3 Å². The maximum Gasteiger partial charge on any atom is 0.342 e. The smallest absolute Gasteiger partial charge is 0.342 e. The van der Waals surface area contributed by atoms with Crippen LogP contribution in [0.2, 0.25) is 0 Å². The molecule has 7 nitrogen and oxygen atoms in total. The van der Waals surface area contributed by atoms with Gasteiger partial charge in [-0.05, 0) is 79.3 Å². The molecule has 1 heterocycles. The van der Waals surface area contributed by atoms with Gasteiger partial charge in [-0.3, -0.25) is 4.79 Å². The third-order valence-electron chi connectivity index (χ3n) is 6.77. The fraction of sp³-hybridized carbons (Fsp3) is 0.233. The fourth-order valence-electron chi connectivity index (χ4n) is 4.33. The second-order valence-electron chi connectivity index (χ2n) is 9.46. The summed E-state index contributed by atoms with van der Waals surface area (Å²) in [6.07, 6.45) is 2.90. The number of anilines is 1. The number of hydrogen-bond donors (Lipinski definition) is 3. The van der Waals surface area contributed by atoms with Gasteiger partial charge in [0.05, 0.1) is 11.4 Å². The van der Waals surface area contributed by atoms with E-state index in [9.17, 15) is 14.7 Å². The molecule has 3 aromatic carbocycles. The zero-order valence-corrected chi connectivity index (χ0v) is 21.0. The van der Waals surface area contributed by atoms with E-state index in [1.165, 1.54) is 10.7 Å². The van der Waals surface area contributed by atoms with Gasteiger partial charge in [-0.15, -0.1) is 0 Å². The number of benzene rings is 3. The summed E-state index contributed by atoms with van der Waals surface area (Å²) < 4.78 is 1.41. The van der Waals surface area contributed by atoms with Crippen LogP contribution in [0.5, 0.6) is 5.75 Å². The molecule has 1 fully saturated rings. The van der Waals surface area contributed by atoms with Crippen LogP contribution in [-0.2, 0) is 13.0 Å². The number of carbonyl (C=O) groups is 2. The zero-order chi connectivity index (χ0) is 25.9. The maximum atomic E-state index is 13.1. The number of carbonyl (C=O) groups excluding carboxylic acids is 2. The van der Waals surface area contributed by atoms with Gasteiger partial charge in [-0.2, -0.15) is 9.78 Å². The molecular formula is C30H30N4O3. The molecule has 0 spiro atoms. The van der Waals surface area contributed by atoms with Crippen LogP contribution in [0.1, 0.15) is 58.4 Å². The predicted molar refractivity (Wildman–Crippen MR) is 144 cm³/mol. The fourth-order valence-corrected chi connectivity index (χ4v) is 4.33. The van der Waals surface area contributed by atoms with Crippen molar-refractivity contribution >= 4 is 17.6 Å². The molecule has 7 heteroatoms. The molecule has 0 radical (unpaired) electrons. The summed E-state index contributed by atoms with van der Waals surface area (Å²) in [7, 11) is 0. The van der Waals surface area contributed by atoms with Crippen molar-refractivity contribution in [2.75, 3.05) is 5.32 Å². The SMILES string of the molecule is CCc1ccc(C(=O)Nc2ccc(O)c(-c3cc(C4CC4)n(C(=O)NCc4ccccc4C)n3)c2)cc1. The highest BCUT2D eigenvalue weighted by Gasteiger charge is 2.31. The lowest BCUT2D eigenvalue weighted by Crippen LogP contribution is -2.30. The summed E-state index contributed by atoms with van der Waals surface area (Å²) in [5.74, 6) is 0.0540. The van der Waals surface area contributed by atoms with E-state index in [0.29, 0.717) is 29.1 Å². The molecule has 37 heavy (non-hydrogen) atoms. The van der Waals surface area contributed by atoms with Crippen molar-refractivity contribution in [1.82, 2.24) is 15.1 Å². The maximum absolute atomic E-state index is 13.1. The first-order chi connectivity index (χ1) is 17.9. The van der Waals surface area contributed by atoms with Gasteiger partial charge < -0.3 is 15.7 Å². The molecule has 1 aliphatic carbocycles. The summed E-state index contributed by atoms with van der Waals surface area (Å²) in [5, 5.41) is 21.0. The Morgan fingerprint density at radius 3 is 2.49 bits per heavy atom. The minimum Gasteiger partial charge on any atom is -0.507 e. The Hall–Kier alpha value is -4.39. The normalized spacial score (nSPS) is 12.8. The second-order valence-corrected chi connectivity index (χ2v) is 9.46. The van der Waals surface area contributed by atoms with E-state index in [0.717, 1.165) is 41.6 Å². The van der Waals surface area contributed by atoms with Crippen LogP contribution in [0.4, 0.5) is 10.5 Å². The molecule has 0 bridgehead atoms. The topological polar surface area (TPSA) is 96.2 Å². The Balaban J connectivity index is 1.37. The molecule has 4 aromatic rings. The van der Waals surface area contributed by atoms with E-state index in [1.807, 2.05) is 49.4 Å². The predicted octanol–water partition coefficient (Wildman–Crippen LogP) is 6.01. The highest BCUT2D eigenvalue weighted by molar-refractivity contribution is 6.04. The monoisotopic (exact) mass is 494 g/mol. The molecule has 1 saturated carbocycles. The Bertz CT molecular complexity index is 1450. The van der Waals surface area contributed by atoms with Crippen molar-refractivity contribution < 1.29 is 14.7 Å². The standard InChI is InChI=1S/C30H30N4O3/c1-3-20-8-10-22(11-9-20)29(36)32-24-14-15-28(35)25(16-24)26-17-27(21-12-13-21)34(33-26)30(37)31-18-23-7-5-4-6-19(23)2/h4-11,14-17,21,35H,3,12-13,18H2,1-2H3,(H,31,37)(H,32,36). The van der Waals surface area contributed by atoms with Crippen molar-refractivity contribution in [3.63, 3.8) is 0 Å². The van der Waals surface area contributed by atoms with Gasteiger partial charge in [0.25, 0.3) is 5.91 Å². The number of aromatic hydroxyl groups is 1. The third-order valence-corrected chi connectivity index (χ3v) is 6.77. The summed E-state index contributed by atoms with van der Waals surface area (Å²) in [4.78, 5) is 25.9. The zero-order valence-electron chi connectivity index (χ0n) is 21.0. The van der Waals surface area contributed by atoms with Crippen molar-refractivity contribution in [3.05, 3.63) is 101 Å². The van der Waals surface area contributed by atoms with Crippen LogP contribution in [0, 0.1) is 6.92 Å². The van der Waals surface area contributed by atoms with Gasteiger partial charge in [0.1, 0.15) is 5.75 Å². The lowest BCUT2D eigenvalue weighted by atomic mass is 10.1. The van der Waals surface area contributed by atoms with E-state index >= 15 is 0 Å². The van der Waals surface area contributed by atoms with Crippen LogP contribution in [-0.4, -0.2) is 26.8 Å². The number of aryl methyl sites for hydroxylation is 2. The molecule has 1 aliphatic rings. The van der Waals surface area contributed by atoms with E-state index in [4.69, 9.17) is 0 Å². The number of nitrogens with zero attached hydrogens (tertiary/aromatic N) is 2. The quantitative estimate of drug-likeness (QED) is 0.274. The molecule has 0 unspecified atom stereocenters. The van der Waals surface area contributed by atoms with Crippen LogP contribution in [0.3, 0.4) is 0 Å². The van der Waals surface area contributed by atoms with Crippen LogP contribution < -0.4 is 10.6 Å². The molecule has 3 N–H and O–H groups in total. The molecule has 2 amide bonds. The van der Waals surface area contributed by atoms with Gasteiger partial charge in [-0.25, -0.2) is 4.79 Å².